The Labute approximate surface area is 413 Å². The third kappa shape index (κ3) is 54.2. The van der Waals surface area contributed by atoms with Crippen LogP contribution in [0.5, 0.6) is 0 Å². The number of quaternary nitrogens is 1. The van der Waals surface area contributed by atoms with Crippen LogP contribution in [-0.2, 0) is 27.9 Å². The van der Waals surface area contributed by atoms with Crippen LogP contribution in [0.2, 0.25) is 0 Å². The number of carbonyl (C=O) groups is 1. The second-order valence-corrected chi connectivity index (χ2v) is 20.3. The fourth-order valence-corrected chi connectivity index (χ4v) is 7.74. The van der Waals surface area contributed by atoms with Gasteiger partial charge < -0.3 is 18.9 Å². The van der Waals surface area contributed by atoms with Crippen molar-refractivity contribution in [3.63, 3.8) is 0 Å². The van der Waals surface area contributed by atoms with Gasteiger partial charge in [0.05, 0.1) is 34.4 Å². The molecule has 0 bridgehead atoms. The number of esters is 1. The van der Waals surface area contributed by atoms with Crippen LogP contribution in [0.15, 0.2) is 97.2 Å². The fraction of sp³-hybridized carbons (Fsp3) is 0.707. The number of carbonyl (C=O) groups excluding carboxylic acids is 1. The van der Waals surface area contributed by atoms with Crippen LogP contribution in [0.3, 0.4) is 0 Å². The van der Waals surface area contributed by atoms with Gasteiger partial charge in [0.15, 0.2) is 0 Å². The zero-order valence-corrected chi connectivity index (χ0v) is 44.7. The van der Waals surface area contributed by atoms with Gasteiger partial charge in [-0.25, -0.2) is 4.57 Å². The van der Waals surface area contributed by atoms with Gasteiger partial charge >= 0.3 is 13.8 Å². The van der Waals surface area contributed by atoms with Crippen molar-refractivity contribution in [3.8, 4) is 0 Å². The van der Waals surface area contributed by atoms with E-state index >= 15 is 0 Å². The molecule has 386 valence electrons. The van der Waals surface area contributed by atoms with Gasteiger partial charge in [-0.3, -0.25) is 13.8 Å². The number of phosphoric ester groups is 1. The summed E-state index contributed by atoms with van der Waals surface area (Å²) in [7, 11) is 1.63. The lowest BCUT2D eigenvalue weighted by atomic mass is 10.0. The van der Waals surface area contributed by atoms with E-state index in [4.69, 9.17) is 18.5 Å². The Bertz CT molecular complexity index is 1390. The Kier molecular flexibility index (Phi) is 47.9. The Morgan fingerprint density at radius 2 is 0.866 bits per heavy atom. The molecule has 0 spiro atoms. The van der Waals surface area contributed by atoms with Crippen LogP contribution in [0.25, 0.3) is 0 Å². The Balaban J connectivity index is 4.21. The van der Waals surface area contributed by atoms with Gasteiger partial charge in [0, 0.05) is 13.0 Å². The molecule has 2 atom stereocenters. The van der Waals surface area contributed by atoms with E-state index in [9.17, 15) is 14.3 Å². The zero-order chi connectivity index (χ0) is 49.0. The summed E-state index contributed by atoms with van der Waals surface area (Å²) in [6.45, 7) is 5.41. The first-order valence-electron chi connectivity index (χ1n) is 27.0. The topological polar surface area (TPSA) is 91.3 Å². The smallest absolute Gasteiger partial charge is 0.457 e. The molecule has 0 aromatic rings. The number of rotatable bonds is 49. The van der Waals surface area contributed by atoms with Gasteiger partial charge in [-0.1, -0.05) is 201 Å². The molecule has 0 rings (SSSR count). The molecular formula is C58H103NO7P+. The molecule has 0 saturated heterocycles. The highest BCUT2D eigenvalue weighted by atomic mass is 31.2. The minimum atomic E-state index is -4.30. The van der Waals surface area contributed by atoms with Crippen molar-refractivity contribution in [1.29, 1.82) is 0 Å². The third-order valence-electron chi connectivity index (χ3n) is 11.1. The summed E-state index contributed by atoms with van der Waals surface area (Å²) in [6, 6.07) is 0. The molecule has 0 heterocycles. The first-order chi connectivity index (χ1) is 32.6. The molecule has 0 aromatic heterocycles. The number of hydrogen-bond donors (Lipinski definition) is 1. The summed E-state index contributed by atoms with van der Waals surface area (Å²) in [5.74, 6) is -0.330. The summed E-state index contributed by atoms with van der Waals surface area (Å²) in [5.41, 5.74) is 0. The van der Waals surface area contributed by atoms with Gasteiger partial charge in [0.25, 0.3) is 0 Å². The highest BCUT2D eigenvalue weighted by molar-refractivity contribution is 7.47. The van der Waals surface area contributed by atoms with E-state index in [1.807, 2.05) is 21.1 Å². The van der Waals surface area contributed by atoms with Crippen LogP contribution in [0, 0.1) is 0 Å². The normalized spacial score (nSPS) is 14.3. The van der Waals surface area contributed by atoms with Crippen molar-refractivity contribution in [3.05, 3.63) is 97.2 Å². The maximum absolute atomic E-state index is 12.8. The van der Waals surface area contributed by atoms with Gasteiger partial charge in [0.1, 0.15) is 19.3 Å². The maximum Gasteiger partial charge on any atom is 0.472 e. The fourth-order valence-electron chi connectivity index (χ4n) is 7.00. The van der Waals surface area contributed by atoms with E-state index in [1.54, 1.807) is 0 Å². The molecule has 8 nitrogen and oxygen atoms in total. The third-order valence-corrected chi connectivity index (χ3v) is 12.1. The quantitative estimate of drug-likeness (QED) is 0.0213. The van der Waals surface area contributed by atoms with Crippen molar-refractivity contribution in [2.75, 3.05) is 54.1 Å². The highest BCUT2D eigenvalue weighted by Crippen LogP contribution is 2.43. The van der Waals surface area contributed by atoms with Crippen LogP contribution >= 0.6 is 7.82 Å². The molecule has 67 heavy (non-hydrogen) atoms. The second kappa shape index (κ2) is 49.8. The second-order valence-electron chi connectivity index (χ2n) is 18.9. The minimum absolute atomic E-state index is 0.0762. The number of likely N-dealkylation sites (N-methyl/N-ethyl adjacent to an activating group) is 1. The van der Waals surface area contributed by atoms with Crippen LogP contribution in [-0.4, -0.2) is 75.6 Å². The Morgan fingerprint density at radius 3 is 1.30 bits per heavy atom. The number of allylic oxidation sites excluding steroid dienone is 16. The molecule has 1 N–H and O–H groups in total. The monoisotopic (exact) mass is 957 g/mol. The van der Waals surface area contributed by atoms with Gasteiger partial charge in [-0.15, -0.1) is 0 Å². The number of phosphoric acid groups is 1. The summed E-state index contributed by atoms with van der Waals surface area (Å²) in [5, 5.41) is 0. The molecule has 9 heteroatoms. The average molecular weight is 957 g/mol. The van der Waals surface area contributed by atoms with E-state index in [0.717, 1.165) is 89.9 Å². The Morgan fingerprint density at radius 1 is 0.478 bits per heavy atom. The zero-order valence-electron chi connectivity index (χ0n) is 43.9. The standard InChI is InChI=1S/C58H102NO7P/c1-6-8-10-12-14-16-18-20-22-24-26-28-30-31-33-35-37-39-41-43-45-47-49-51-58(60)66-57(56-65-67(61,62)64-54-52-59(3,4)5)55-63-53-50-48-46-44-42-40-38-36-34-32-29-27-25-23-21-19-17-15-13-11-9-7-2/h9,11,15,17-18,20-21,23-24,26-27,29,34,36,40,42,57H,6-8,10,12-14,16,19,22,25,28,30-33,35,37-39,41,43-56H2,1-5H3/p+1/b11-9-,17-15-,20-18-,23-21-,26-24-,29-27-,36-34-,42-40-. The molecule has 0 saturated carbocycles. The predicted octanol–water partition coefficient (Wildman–Crippen LogP) is 16.9. The van der Waals surface area contributed by atoms with E-state index in [-0.39, 0.29) is 25.8 Å². The summed E-state index contributed by atoms with van der Waals surface area (Å²) >= 11 is 0. The van der Waals surface area contributed by atoms with E-state index < -0.39 is 13.9 Å². The number of ether oxygens (including phenoxy) is 2. The molecule has 0 radical (unpaired) electrons. The summed E-state index contributed by atoms with van der Waals surface area (Å²) < 4.78 is 35.2. The van der Waals surface area contributed by atoms with Crippen LogP contribution in [0.1, 0.15) is 206 Å². The van der Waals surface area contributed by atoms with E-state index in [0.29, 0.717) is 24.1 Å². The van der Waals surface area contributed by atoms with Crippen molar-refractivity contribution in [2.45, 2.75) is 213 Å². The van der Waals surface area contributed by atoms with Gasteiger partial charge in [-0.2, -0.15) is 0 Å². The number of nitrogens with zero attached hydrogens (tertiary/aromatic N) is 1. The Hall–Kier alpha value is -2.58. The predicted molar refractivity (Wildman–Crippen MR) is 288 cm³/mol. The van der Waals surface area contributed by atoms with E-state index in [2.05, 4.69) is 111 Å². The molecule has 0 aliphatic rings. The van der Waals surface area contributed by atoms with Crippen molar-refractivity contribution >= 4 is 13.8 Å². The SMILES string of the molecule is CC/C=C\C/C=C\C/C=C\C/C=C\C/C=C\C/C=C\CCCCCOCC(COP(=O)(O)OCC[N+](C)(C)C)OC(=O)CCCCCCCCCCCCC/C=C\C/C=C\CCCCCCC. The average Bonchev–Trinajstić information content (AvgIpc) is 3.29. The van der Waals surface area contributed by atoms with Gasteiger partial charge in [-0.05, 0) is 96.3 Å². The minimum Gasteiger partial charge on any atom is -0.457 e. The number of unbranched alkanes of at least 4 members (excludes halogenated alkanes) is 19. The maximum atomic E-state index is 12.8. The molecule has 0 amide bonds. The molecule has 0 aliphatic carbocycles. The van der Waals surface area contributed by atoms with Crippen molar-refractivity contribution < 1.29 is 37.3 Å². The molecule has 0 fully saturated rings. The summed E-state index contributed by atoms with van der Waals surface area (Å²) in [6.07, 6.45) is 68.9. The van der Waals surface area contributed by atoms with Crippen molar-refractivity contribution in [2.24, 2.45) is 0 Å². The lowest BCUT2D eigenvalue weighted by molar-refractivity contribution is -0.870. The first kappa shape index (κ1) is 64.4. The van der Waals surface area contributed by atoms with Crippen LogP contribution < -0.4 is 0 Å². The lowest BCUT2D eigenvalue weighted by Gasteiger charge is -2.24. The largest absolute Gasteiger partial charge is 0.472 e. The van der Waals surface area contributed by atoms with E-state index in [1.165, 1.54) is 96.3 Å². The first-order valence-corrected chi connectivity index (χ1v) is 28.5. The van der Waals surface area contributed by atoms with Gasteiger partial charge in [0.2, 0.25) is 0 Å². The molecule has 0 aliphatic heterocycles. The lowest BCUT2D eigenvalue weighted by Crippen LogP contribution is -2.37. The van der Waals surface area contributed by atoms with Crippen molar-refractivity contribution in [1.82, 2.24) is 0 Å². The molecular weight excluding hydrogens is 854 g/mol. The summed E-state index contributed by atoms with van der Waals surface area (Å²) in [4.78, 5) is 23.0. The molecule has 2 unspecified atom stereocenters. The van der Waals surface area contributed by atoms with Crippen LogP contribution in [0.4, 0.5) is 0 Å². The number of hydrogen-bond acceptors (Lipinski definition) is 6. The highest BCUT2D eigenvalue weighted by Gasteiger charge is 2.26. The molecule has 0 aromatic carbocycles.